The van der Waals surface area contributed by atoms with Crippen LogP contribution in [0.2, 0.25) is 0 Å². The lowest BCUT2D eigenvalue weighted by molar-refractivity contribution is 0.0358. The lowest BCUT2D eigenvalue weighted by atomic mass is 9.96. The van der Waals surface area contributed by atoms with Crippen molar-refractivity contribution in [1.29, 1.82) is 0 Å². The van der Waals surface area contributed by atoms with Gasteiger partial charge in [-0.25, -0.2) is 5.01 Å². The molecule has 29 heavy (non-hydrogen) atoms. The number of benzene rings is 3. The van der Waals surface area contributed by atoms with Crippen LogP contribution in [-0.4, -0.2) is 22.4 Å². The van der Waals surface area contributed by atoms with Crippen LogP contribution in [0.1, 0.15) is 47.1 Å². The highest BCUT2D eigenvalue weighted by molar-refractivity contribution is 6.01. The Labute approximate surface area is 172 Å². The fourth-order valence-corrected chi connectivity index (χ4v) is 3.21. The lowest BCUT2D eigenvalue weighted by Crippen LogP contribution is -2.56. The Kier molecular flexibility index (Phi) is 5.83. The van der Waals surface area contributed by atoms with Gasteiger partial charge in [-0.05, 0) is 62.6 Å². The zero-order chi connectivity index (χ0) is 21.0. The van der Waals surface area contributed by atoms with E-state index >= 15 is 0 Å². The van der Waals surface area contributed by atoms with Crippen LogP contribution in [0.25, 0.3) is 11.1 Å². The zero-order valence-corrected chi connectivity index (χ0v) is 17.3. The smallest absolute Gasteiger partial charge is 0.267 e. The highest BCUT2D eigenvalue weighted by Gasteiger charge is 2.30. The van der Waals surface area contributed by atoms with E-state index in [-0.39, 0.29) is 11.8 Å². The number of nitrogens with zero attached hydrogens (tertiary/aromatic N) is 1. The fourth-order valence-electron chi connectivity index (χ4n) is 3.21. The molecular weight excluding hydrogens is 360 g/mol. The summed E-state index contributed by atoms with van der Waals surface area (Å²) in [7, 11) is 0. The van der Waals surface area contributed by atoms with E-state index in [0.717, 1.165) is 16.7 Å². The van der Waals surface area contributed by atoms with Gasteiger partial charge in [0.2, 0.25) is 0 Å². The first kappa shape index (κ1) is 20.3. The SMILES string of the molecule is Cc1c(C(=O)NN(C(=O)c2ccccc2)C(C)(C)C)cccc1-c1ccccc1. The van der Waals surface area contributed by atoms with Crippen molar-refractivity contribution in [3.63, 3.8) is 0 Å². The summed E-state index contributed by atoms with van der Waals surface area (Å²) in [5, 5.41) is 1.40. The molecule has 0 saturated carbocycles. The van der Waals surface area contributed by atoms with Crippen LogP contribution in [0.15, 0.2) is 78.9 Å². The van der Waals surface area contributed by atoms with Crippen molar-refractivity contribution in [1.82, 2.24) is 10.4 Å². The van der Waals surface area contributed by atoms with Gasteiger partial charge in [-0.1, -0.05) is 60.7 Å². The molecule has 0 saturated heterocycles. The number of rotatable bonds is 3. The zero-order valence-electron chi connectivity index (χ0n) is 17.3. The molecule has 0 fully saturated rings. The van der Waals surface area contributed by atoms with Crippen molar-refractivity contribution in [3.05, 3.63) is 95.6 Å². The van der Waals surface area contributed by atoms with Crippen LogP contribution < -0.4 is 5.43 Å². The molecule has 0 spiro atoms. The summed E-state index contributed by atoms with van der Waals surface area (Å²) in [5.74, 6) is -0.553. The Morgan fingerprint density at radius 3 is 1.97 bits per heavy atom. The third-order valence-electron chi connectivity index (χ3n) is 4.77. The minimum absolute atomic E-state index is 0.247. The molecule has 3 aromatic rings. The van der Waals surface area contributed by atoms with E-state index in [1.165, 1.54) is 5.01 Å². The molecule has 0 heterocycles. The standard InChI is InChI=1S/C25H26N2O2/c1-18-21(19-12-7-5-8-13-19)16-11-17-22(18)23(28)26-27(25(2,3)4)24(29)20-14-9-6-10-15-20/h5-17H,1-4H3,(H,26,28). The van der Waals surface area contributed by atoms with Gasteiger partial charge in [0.1, 0.15) is 0 Å². The van der Waals surface area contributed by atoms with Crippen LogP contribution >= 0.6 is 0 Å². The molecule has 0 aromatic heterocycles. The third-order valence-corrected chi connectivity index (χ3v) is 4.77. The number of carbonyl (C=O) groups excluding carboxylic acids is 2. The number of hydrogen-bond donors (Lipinski definition) is 1. The first-order chi connectivity index (χ1) is 13.8. The number of hydrogen-bond acceptors (Lipinski definition) is 2. The van der Waals surface area contributed by atoms with Gasteiger partial charge >= 0.3 is 0 Å². The summed E-state index contributed by atoms with van der Waals surface area (Å²) in [4.78, 5) is 26.2. The molecule has 0 unspecified atom stereocenters. The van der Waals surface area contributed by atoms with Gasteiger partial charge in [0.05, 0.1) is 5.54 Å². The summed E-state index contributed by atoms with van der Waals surface area (Å²) < 4.78 is 0. The molecule has 0 atom stereocenters. The first-order valence-corrected chi connectivity index (χ1v) is 9.64. The fraction of sp³-hybridized carbons (Fsp3) is 0.200. The van der Waals surface area contributed by atoms with Crippen molar-refractivity contribution < 1.29 is 9.59 Å². The Morgan fingerprint density at radius 1 is 0.793 bits per heavy atom. The molecule has 0 aliphatic carbocycles. The van der Waals surface area contributed by atoms with E-state index in [4.69, 9.17) is 0 Å². The van der Waals surface area contributed by atoms with Gasteiger partial charge in [-0.3, -0.25) is 15.0 Å². The Hall–Kier alpha value is -3.40. The summed E-state index contributed by atoms with van der Waals surface area (Å²) in [6, 6.07) is 24.6. The third kappa shape index (κ3) is 4.54. The van der Waals surface area contributed by atoms with Crippen LogP contribution in [-0.2, 0) is 0 Å². The van der Waals surface area contributed by atoms with E-state index < -0.39 is 5.54 Å². The summed E-state index contributed by atoms with van der Waals surface area (Å²) in [5.41, 5.74) is 6.23. The van der Waals surface area contributed by atoms with Crippen molar-refractivity contribution in [3.8, 4) is 11.1 Å². The van der Waals surface area contributed by atoms with E-state index in [1.54, 1.807) is 18.2 Å². The second-order valence-corrected chi connectivity index (χ2v) is 7.96. The molecule has 4 nitrogen and oxygen atoms in total. The van der Waals surface area contributed by atoms with Gasteiger partial charge in [0.25, 0.3) is 11.8 Å². The van der Waals surface area contributed by atoms with Crippen molar-refractivity contribution >= 4 is 11.8 Å². The maximum atomic E-state index is 13.1. The van der Waals surface area contributed by atoms with Crippen molar-refractivity contribution in [2.75, 3.05) is 0 Å². The van der Waals surface area contributed by atoms with E-state index in [1.807, 2.05) is 88.4 Å². The topological polar surface area (TPSA) is 49.4 Å². The second-order valence-electron chi connectivity index (χ2n) is 7.96. The maximum absolute atomic E-state index is 13.1. The molecule has 3 aromatic carbocycles. The average molecular weight is 386 g/mol. The van der Waals surface area contributed by atoms with E-state index in [2.05, 4.69) is 5.43 Å². The number of nitrogens with one attached hydrogen (secondary N) is 1. The average Bonchev–Trinajstić information content (AvgIpc) is 2.72. The van der Waals surface area contributed by atoms with E-state index in [9.17, 15) is 9.59 Å². The van der Waals surface area contributed by atoms with E-state index in [0.29, 0.717) is 11.1 Å². The van der Waals surface area contributed by atoms with Gasteiger partial charge in [-0.2, -0.15) is 0 Å². The molecule has 0 aliphatic rings. The summed E-state index contributed by atoms with van der Waals surface area (Å²) in [6.07, 6.45) is 0. The normalized spacial score (nSPS) is 11.0. The molecule has 0 aliphatic heterocycles. The largest absolute Gasteiger partial charge is 0.272 e. The number of amides is 2. The molecule has 1 N–H and O–H groups in total. The molecule has 148 valence electrons. The molecule has 3 rings (SSSR count). The molecular formula is C25H26N2O2. The summed E-state index contributed by atoms with van der Waals surface area (Å²) >= 11 is 0. The highest BCUT2D eigenvalue weighted by Crippen LogP contribution is 2.26. The molecule has 0 radical (unpaired) electrons. The van der Waals surface area contributed by atoms with Crippen molar-refractivity contribution in [2.24, 2.45) is 0 Å². The lowest BCUT2D eigenvalue weighted by Gasteiger charge is -2.35. The van der Waals surface area contributed by atoms with Crippen LogP contribution in [0, 0.1) is 6.92 Å². The van der Waals surface area contributed by atoms with Crippen molar-refractivity contribution in [2.45, 2.75) is 33.2 Å². The van der Waals surface area contributed by atoms with Crippen LogP contribution in [0.5, 0.6) is 0 Å². The quantitative estimate of drug-likeness (QED) is 0.625. The monoisotopic (exact) mass is 386 g/mol. The maximum Gasteiger partial charge on any atom is 0.272 e. The summed E-state index contributed by atoms with van der Waals surface area (Å²) in [6.45, 7) is 7.60. The highest BCUT2D eigenvalue weighted by atomic mass is 16.2. The minimum Gasteiger partial charge on any atom is -0.267 e. The predicted octanol–water partition coefficient (Wildman–Crippen LogP) is 5.25. The van der Waals surface area contributed by atoms with Gasteiger partial charge in [0, 0.05) is 11.1 Å². The van der Waals surface area contributed by atoms with Gasteiger partial charge in [0.15, 0.2) is 0 Å². The van der Waals surface area contributed by atoms with Gasteiger partial charge in [-0.15, -0.1) is 0 Å². The van der Waals surface area contributed by atoms with Gasteiger partial charge < -0.3 is 0 Å². The Morgan fingerprint density at radius 2 is 1.38 bits per heavy atom. The second kappa shape index (κ2) is 8.31. The Bertz CT molecular complexity index is 1010. The van der Waals surface area contributed by atoms with Crippen LogP contribution in [0.4, 0.5) is 0 Å². The number of carbonyl (C=O) groups is 2. The molecule has 4 heteroatoms. The predicted molar refractivity (Wildman–Crippen MR) is 116 cm³/mol. The molecule has 0 bridgehead atoms. The van der Waals surface area contributed by atoms with Crippen LogP contribution in [0.3, 0.4) is 0 Å². The molecule has 2 amide bonds. The number of hydrazine groups is 1. The first-order valence-electron chi connectivity index (χ1n) is 9.64. The minimum atomic E-state index is -0.590. The Balaban J connectivity index is 1.92.